The lowest BCUT2D eigenvalue weighted by Crippen LogP contribution is -2.01. The number of benzene rings is 2. The van der Waals surface area contributed by atoms with Gasteiger partial charge in [0.05, 0.1) is 17.3 Å². The van der Waals surface area contributed by atoms with Crippen molar-refractivity contribution in [3.05, 3.63) is 88.0 Å². The molecule has 1 aromatic heterocycles. The standard InChI is InChI=1S/C21H16ClFN2/c1-14-11-16(12-17(13-24)18-7-3-4-8-19(18)22)15(2)25(14)21-10-6-5-9-20(21)23/h3-12H,1-2H3. The summed E-state index contributed by atoms with van der Waals surface area (Å²) in [6.45, 7) is 3.82. The molecule has 0 aliphatic carbocycles. The monoisotopic (exact) mass is 350 g/mol. The van der Waals surface area contributed by atoms with Gasteiger partial charge in [0.25, 0.3) is 0 Å². The molecule has 2 nitrogen and oxygen atoms in total. The Bertz CT molecular complexity index is 1010. The maximum Gasteiger partial charge on any atom is 0.147 e. The summed E-state index contributed by atoms with van der Waals surface area (Å²) in [5.74, 6) is -0.286. The Labute approximate surface area is 151 Å². The number of aryl methyl sites for hydroxylation is 1. The molecule has 0 atom stereocenters. The molecule has 3 rings (SSSR count). The summed E-state index contributed by atoms with van der Waals surface area (Å²) in [6.07, 6.45) is 1.79. The van der Waals surface area contributed by atoms with Crippen molar-refractivity contribution in [3.63, 3.8) is 0 Å². The fourth-order valence-corrected chi connectivity index (χ4v) is 3.18. The fourth-order valence-electron chi connectivity index (χ4n) is 2.94. The van der Waals surface area contributed by atoms with Gasteiger partial charge in [-0.05, 0) is 49.8 Å². The lowest BCUT2D eigenvalue weighted by atomic mass is 10.0. The van der Waals surface area contributed by atoms with Crippen LogP contribution in [0.25, 0.3) is 17.3 Å². The van der Waals surface area contributed by atoms with Crippen molar-refractivity contribution >= 4 is 23.3 Å². The molecule has 0 aliphatic rings. The number of nitrogens with zero attached hydrogens (tertiary/aromatic N) is 2. The molecule has 0 spiro atoms. The largest absolute Gasteiger partial charge is 0.315 e. The lowest BCUT2D eigenvalue weighted by Gasteiger charge is -2.10. The third-order valence-corrected chi connectivity index (χ3v) is 4.48. The number of para-hydroxylation sites is 1. The summed E-state index contributed by atoms with van der Waals surface area (Å²) in [4.78, 5) is 0. The molecule has 0 N–H and O–H groups in total. The molecule has 4 heteroatoms. The van der Waals surface area contributed by atoms with Gasteiger partial charge in [-0.15, -0.1) is 0 Å². The Morgan fingerprint density at radius 2 is 1.80 bits per heavy atom. The van der Waals surface area contributed by atoms with Gasteiger partial charge in [-0.1, -0.05) is 41.9 Å². The van der Waals surface area contributed by atoms with Gasteiger partial charge in [0.2, 0.25) is 0 Å². The van der Waals surface area contributed by atoms with E-state index in [1.807, 2.05) is 42.7 Å². The van der Waals surface area contributed by atoms with Crippen LogP contribution in [0.15, 0.2) is 54.6 Å². The van der Waals surface area contributed by atoms with E-state index in [0.29, 0.717) is 21.8 Å². The zero-order valence-electron chi connectivity index (χ0n) is 13.9. The Hall–Kier alpha value is -2.83. The Balaban J connectivity index is 2.14. The van der Waals surface area contributed by atoms with Gasteiger partial charge in [0.15, 0.2) is 0 Å². The molecule has 3 aromatic rings. The third kappa shape index (κ3) is 3.22. The van der Waals surface area contributed by atoms with Crippen molar-refractivity contribution in [2.75, 3.05) is 0 Å². The number of halogens is 2. The highest BCUT2D eigenvalue weighted by molar-refractivity contribution is 6.32. The van der Waals surface area contributed by atoms with Crippen LogP contribution in [0.3, 0.4) is 0 Å². The molecule has 0 aliphatic heterocycles. The molecule has 124 valence electrons. The van der Waals surface area contributed by atoms with E-state index in [2.05, 4.69) is 6.07 Å². The quantitative estimate of drug-likeness (QED) is 0.536. The lowest BCUT2D eigenvalue weighted by molar-refractivity contribution is 0.616. The highest BCUT2D eigenvalue weighted by Gasteiger charge is 2.14. The Kier molecular flexibility index (Phi) is 4.74. The average Bonchev–Trinajstić information content (AvgIpc) is 2.88. The van der Waals surface area contributed by atoms with Crippen LogP contribution >= 0.6 is 11.6 Å². The van der Waals surface area contributed by atoms with Crippen molar-refractivity contribution in [2.24, 2.45) is 0 Å². The minimum Gasteiger partial charge on any atom is -0.315 e. The van der Waals surface area contributed by atoms with Crippen LogP contribution in [0.5, 0.6) is 0 Å². The second-order valence-electron chi connectivity index (χ2n) is 5.76. The van der Waals surface area contributed by atoms with Gasteiger partial charge in [0, 0.05) is 22.0 Å². The first-order valence-corrected chi connectivity index (χ1v) is 8.21. The van der Waals surface area contributed by atoms with Crippen LogP contribution in [0, 0.1) is 31.0 Å². The van der Waals surface area contributed by atoms with Crippen molar-refractivity contribution in [3.8, 4) is 11.8 Å². The van der Waals surface area contributed by atoms with Gasteiger partial charge in [-0.25, -0.2) is 4.39 Å². The van der Waals surface area contributed by atoms with Crippen LogP contribution in [0.2, 0.25) is 5.02 Å². The summed E-state index contributed by atoms with van der Waals surface area (Å²) < 4.78 is 16.0. The summed E-state index contributed by atoms with van der Waals surface area (Å²) in [5, 5.41) is 10.1. The third-order valence-electron chi connectivity index (χ3n) is 4.15. The average molecular weight is 351 g/mol. The van der Waals surface area contributed by atoms with Crippen molar-refractivity contribution in [2.45, 2.75) is 13.8 Å². The molecule has 25 heavy (non-hydrogen) atoms. The van der Waals surface area contributed by atoms with Crippen molar-refractivity contribution < 1.29 is 4.39 Å². The van der Waals surface area contributed by atoms with Crippen molar-refractivity contribution in [1.29, 1.82) is 5.26 Å². The number of hydrogen-bond acceptors (Lipinski definition) is 1. The molecule has 0 amide bonds. The minimum atomic E-state index is -0.286. The molecule has 0 fully saturated rings. The number of aromatic nitrogens is 1. The molecular weight excluding hydrogens is 335 g/mol. The van der Waals surface area contributed by atoms with Gasteiger partial charge >= 0.3 is 0 Å². The van der Waals surface area contributed by atoms with E-state index in [-0.39, 0.29) is 5.82 Å². The first-order valence-electron chi connectivity index (χ1n) is 7.83. The first kappa shape index (κ1) is 17.0. The Morgan fingerprint density at radius 3 is 2.48 bits per heavy atom. The summed E-state index contributed by atoms with van der Waals surface area (Å²) in [7, 11) is 0. The second kappa shape index (κ2) is 6.96. The zero-order chi connectivity index (χ0) is 18.0. The smallest absolute Gasteiger partial charge is 0.147 e. The van der Waals surface area contributed by atoms with E-state index in [9.17, 15) is 9.65 Å². The van der Waals surface area contributed by atoms with E-state index in [4.69, 9.17) is 11.6 Å². The van der Waals surface area contributed by atoms with Crippen LogP contribution in [0.4, 0.5) is 4.39 Å². The number of hydrogen-bond donors (Lipinski definition) is 0. The first-order chi connectivity index (χ1) is 12.0. The molecule has 0 unspecified atom stereocenters. The molecule has 0 saturated carbocycles. The van der Waals surface area contributed by atoms with E-state index in [1.165, 1.54) is 6.07 Å². The summed E-state index contributed by atoms with van der Waals surface area (Å²) >= 11 is 6.21. The normalized spacial score (nSPS) is 11.4. The van der Waals surface area contributed by atoms with Gasteiger partial charge < -0.3 is 4.57 Å². The maximum atomic E-state index is 14.2. The van der Waals surface area contributed by atoms with E-state index in [1.54, 1.807) is 30.3 Å². The van der Waals surface area contributed by atoms with Crippen molar-refractivity contribution in [1.82, 2.24) is 4.57 Å². The predicted molar refractivity (Wildman–Crippen MR) is 100 cm³/mol. The molecule has 2 aromatic carbocycles. The number of rotatable bonds is 3. The van der Waals surface area contributed by atoms with Crippen LogP contribution in [-0.2, 0) is 0 Å². The van der Waals surface area contributed by atoms with Crippen LogP contribution < -0.4 is 0 Å². The second-order valence-corrected chi connectivity index (χ2v) is 6.17. The summed E-state index contributed by atoms with van der Waals surface area (Å²) in [5.41, 5.74) is 4.26. The molecular formula is C21H16ClFN2. The molecule has 0 radical (unpaired) electrons. The molecule has 0 bridgehead atoms. The molecule has 1 heterocycles. The SMILES string of the molecule is Cc1cc(C=C(C#N)c2ccccc2Cl)c(C)n1-c1ccccc1F. The predicted octanol–water partition coefficient (Wildman–Crippen LogP) is 5.95. The number of nitriles is 1. The van der Waals surface area contributed by atoms with Crippen LogP contribution in [-0.4, -0.2) is 4.57 Å². The van der Waals surface area contributed by atoms with Gasteiger partial charge in [0.1, 0.15) is 5.82 Å². The number of allylic oxidation sites excluding steroid dienone is 1. The van der Waals surface area contributed by atoms with Gasteiger partial charge in [-0.2, -0.15) is 5.26 Å². The fraction of sp³-hybridized carbons (Fsp3) is 0.0952. The topological polar surface area (TPSA) is 28.7 Å². The zero-order valence-corrected chi connectivity index (χ0v) is 14.7. The maximum absolute atomic E-state index is 14.2. The highest BCUT2D eigenvalue weighted by atomic mass is 35.5. The van der Waals surface area contributed by atoms with E-state index in [0.717, 1.165) is 17.0 Å². The highest BCUT2D eigenvalue weighted by Crippen LogP contribution is 2.28. The minimum absolute atomic E-state index is 0.286. The van der Waals surface area contributed by atoms with E-state index < -0.39 is 0 Å². The van der Waals surface area contributed by atoms with Crippen LogP contribution in [0.1, 0.15) is 22.5 Å². The van der Waals surface area contributed by atoms with E-state index >= 15 is 0 Å². The summed E-state index contributed by atoms with van der Waals surface area (Å²) in [6, 6.07) is 18.0. The van der Waals surface area contributed by atoms with Gasteiger partial charge in [-0.3, -0.25) is 0 Å². The molecule has 0 saturated heterocycles. The Morgan fingerprint density at radius 1 is 1.12 bits per heavy atom.